The summed E-state index contributed by atoms with van der Waals surface area (Å²) in [6.45, 7) is 0. The Morgan fingerprint density at radius 2 is 0.857 bits per heavy atom. The van der Waals surface area contributed by atoms with Gasteiger partial charge in [-0.25, -0.2) is 0 Å². The molecule has 6 heteroatoms. The topological polar surface area (TPSA) is 101 Å². The first kappa shape index (κ1) is 17.4. The summed E-state index contributed by atoms with van der Waals surface area (Å²) in [6, 6.07) is 26.2. The van der Waals surface area contributed by atoms with E-state index in [9.17, 15) is 0 Å². The van der Waals surface area contributed by atoms with Crippen molar-refractivity contribution in [3.05, 3.63) is 84.9 Å². The zero-order valence-corrected chi connectivity index (χ0v) is 15.0. The van der Waals surface area contributed by atoms with Crippen molar-refractivity contribution in [3.63, 3.8) is 0 Å². The molecule has 4 rings (SSSR count). The van der Waals surface area contributed by atoms with Crippen LogP contribution in [0, 0.1) is 0 Å². The highest BCUT2D eigenvalue weighted by Crippen LogP contribution is 2.41. The average Bonchev–Trinajstić information content (AvgIpc) is 2.74. The summed E-state index contributed by atoms with van der Waals surface area (Å²) in [4.78, 5) is 0. The molecule has 28 heavy (non-hydrogen) atoms. The molecule has 0 aliphatic carbocycles. The van der Waals surface area contributed by atoms with Gasteiger partial charge in [-0.2, -0.15) is 10.2 Å². The van der Waals surface area contributed by atoms with Crippen molar-refractivity contribution in [1.82, 2.24) is 0 Å². The SMILES string of the molecule is Nc1ccc(N=Nc2ccccc2)c2c(N=Nc3ccccc3)ccc(N)c12. The van der Waals surface area contributed by atoms with Crippen LogP contribution in [-0.2, 0) is 0 Å². The summed E-state index contributed by atoms with van der Waals surface area (Å²) < 4.78 is 0. The highest BCUT2D eigenvalue weighted by atomic mass is 15.1. The molecule has 0 bridgehead atoms. The number of anilines is 2. The van der Waals surface area contributed by atoms with E-state index in [-0.39, 0.29) is 0 Å². The standard InChI is InChI=1S/C22H18N6/c23-17-11-13-19(27-25-15-7-3-1-4-8-15)22-20(14-12-18(24)21(17)22)28-26-16-9-5-2-6-10-16/h1-14H,23-24H2. The molecule has 0 aromatic heterocycles. The van der Waals surface area contributed by atoms with Gasteiger partial charge in [0.1, 0.15) is 0 Å². The lowest BCUT2D eigenvalue weighted by molar-refractivity contribution is 1.22. The van der Waals surface area contributed by atoms with Crippen LogP contribution in [0.15, 0.2) is 105 Å². The van der Waals surface area contributed by atoms with Crippen molar-refractivity contribution in [2.45, 2.75) is 0 Å². The minimum atomic E-state index is 0.558. The van der Waals surface area contributed by atoms with E-state index in [1.807, 2.05) is 72.8 Å². The first-order valence-corrected chi connectivity index (χ1v) is 8.76. The lowest BCUT2D eigenvalue weighted by Gasteiger charge is -2.10. The Labute approximate surface area is 162 Å². The Bertz CT molecular complexity index is 1080. The largest absolute Gasteiger partial charge is 0.398 e. The molecular weight excluding hydrogens is 348 g/mol. The van der Waals surface area contributed by atoms with Gasteiger partial charge < -0.3 is 11.5 Å². The summed E-state index contributed by atoms with van der Waals surface area (Å²) >= 11 is 0. The molecule has 0 atom stereocenters. The predicted octanol–water partition coefficient (Wildman–Crippen LogP) is 6.84. The van der Waals surface area contributed by atoms with Crippen LogP contribution in [0.5, 0.6) is 0 Å². The molecule has 0 unspecified atom stereocenters. The number of nitrogen functional groups attached to an aromatic ring is 2. The van der Waals surface area contributed by atoms with Gasteiger partial charge in [0.15, 0.2) is 0 Å². The fourth-order valence-electron chi connectivity index (χ4n) is 2.89. The van der Waals surface area contributed by atoms with Gasteiger partial charge in [-0.1, -0.05) is 36.4 Å². The monoisotopic (exact) mass is 366 g/mol. The molecule has 0 fully saturated rings. The molecule has 136 valence electrons. The summed E-state index contributed by atoms with van der Waals surface area (Å²) in [5.74, 6) is 0. The molecule has 0 spiro atoms. The van der Waals surface area contributed by atoms with Crippen molar-refractivity contribution < 1.29 is 0 Å². The van der Waals surface area contributed by atoms with Gasteiger partial charge in [0.05, 0.1) is 22.7 Å². The highest BCUT2D eigenvalue weighted by Gasteiger charge is 2.12. The minimum Gasteiger partial charge on any atom is -0.398 e. The molecule has 0 saturated heterocycles. The molecule has 0 aliphatic heterocycles. The van der Waals surface area contributed by atoms with Crippen LogP contribution in [0.25, 0.3) is 10.8 Å². The Morgan fingerprint density at radius 3 is 1.29 bits per heavy atom. The van der Waals surface area contributed by atoms with Crippen molar-refractivity contribution in [3.8, 4) is 0 Å². The number of nitrogens with two attached hydrogens (primary N) is 2. The molecular formula is C22H18N6. The Balaban J connectivity index is 1.86. The highest BCUT2D eigenvalue weighted by molar-refractivity contribution is 6.12. The lowest BCUT2D eigenvalue weighted by Crippen LogP contribution is -1.93. The normalized spacial score (nSPS) is 11.6. The van der Waals surface area contributed by atoms with Crippen LogP contribution in [0.2, 0.25) is 0 Å². The third-order valence-corrected chi connectivity index (χ3v) is 4.24. The number of rotatable bonds is 4. The van der Waals surface area contributed by atoms with Crippen molar-refractivity contribution >= 4 is 44.9 Å². The Hall–Kier alpha value is -4.06. The van der Waals surface area contributed by atoms with Crippen LogP contribution in [-0.4, -0.2) is 0 Å². The zero-order valence-electron chi connectivity index (χ0n) is 15.0. The van der Waals surface area contributed by atoms with E-state index in [1.165, 1.54) is 0 Å². The maximum absolute atomic E-state index is 6.18. The van der Waals surface area contributed by atoms with Gasteiger partial charge in [0.2, 0.25) is 0 Å². The maximum atomic E-state index is 6.18. The minimum absolute atomic E-state index is 0.558. The summed E-state index contributed by atoms with van der Waals surface area (Å²) in [6.07, 6.45) is 0. The first-order chi connectivity index (χ1) is 13.7. The second-order valence-electron chi connectivity index (χ2n) is 6.17. The predicted molar refractivity (Wildman–Crippen MR) is 114 cm³/mol. The van der Waals surface area contributed by atoms with Gasteiger partial charge in [-0.3, -0.25) is 0 Å². The number of benzene rings is 4. The fraction of sp³-hybridized carbons (Fsp3) is 0. The maximum Gasteiger partial charge on any atom is 0.0960 e. The van der Waals surface area contributed by atoms with Crippen molar-refractivity contribution in [2.75, 3.05) is 11.5 Å². The number of hydrogen-bond donors (Lipinski definition) is 2. The first-order valence-electron chi connectivity index (χ1n) is 8.76. The Morgan fingerprint density at radius 1 is 0.429 bits per heavy atom. The van der Waals surface area contributed by atoms with E-state index in [1.54, 1.807) is 12.1 Å². The summed E-state index contributed by atoms with van der Waals surface area (Å²) in [5.41, 5.74) is 16.2. The van der Waals surface area contributed by atoms with E-state index >= 15 is 0 Å². The smallest absolute Gasteiger partial charge is 0.0960 e. The van der Waals surface area contributed by atoms with E-state index in [4.69, 9.17) is 11.5 Å². The van der Waals surface area contributed by atoms with Crippen LogP contribution >= 0.6 is 0 Å². The third kappa shape index (κ3) is 3.57. The quantitative estimate of drug-likeness (QED) is 0.305. The van der Waals surface area contributed by atoms with Crippen LogP contribution in [0.1, 0.15) is 0 Å². The summed E-state index contributed by atoms with van der Waals surface area (Å²) in [7, 11) is 0. The average molecular weight is 366 g/mol. The number of azo groups is 2. The van der Waals surface area contributed by atoms with Gasteiger partial charge in [0.25, 0.3) is 0 Å². The number of hydrogen-bond acceptors (Lipinski definition) is 6. The Kier molecular flexibility index (Phi) is 4.76. The van der Waals surface area contributed by atoms with Gasteiger partial charge in [-0.05, 0) is 48.5 Å². The van der Waals surface area contributed by atoms with Crippen LogP contribution < -0.4 is 11.5 Å². The van der Waals surface area contributed by atoms with Gasteiger partial charge in [-0.15, -0.1) is 10.2 Å². The molecule has 0 amide bonds. The molecule has 4 aromatic carbocycles. The van der Waals surface area contributed by atoms with E-state index in [0.717, 1.165) is 16.8 Å². The van der Waals surface area contributed by atoms with E-state index < -0.39 is 0 Å². The molecule has 0 saturated carbocycles. The zero-order chi connectivity index (χ0) is 19.3. The second-order valence-corrected chi connectivity index (χ2v) is 6.17. The van der Waals surface area contributed by atoms with Crippen molar-refractivity contribution in [2.24, 2.45) is 20.5 Å². The second kappa shape index (κ2) is 7.67. The number of nitrogens with zero attached hydrogens (tertiary/aromatic N) is 4. The fourth-order valence-corrected chi connectivity index (χ4v) is 2.89. The molecule has 0 heterocycles. The van der Waals surface area contributed by atoms with E-state index in [0.29, 0.717) is 28.1 Å². The van der Waals surface area contributed by atoms with Crippen LogP contribution in [0.3, 0.4) is 0 Å². The molecule has 4 aromatic rings. The van der Waals surface area contributed by atoms with Gasteiger partial charge >= 0.3 is 0 Å². The summed E-state index contributed by atoms with van der Waals surface area (Å²) in [5, 5.41) is 18.9. The number of fused-ring (bicyclic) bond motifs is 1. The third-order valence-electron chi connectivity index (χ3n) is 4.24. The molecule has 4 N–H and O–H groups in total. The van der Waals surface area contributed by atoms with Crippen molar-refractivity contribution in [1.29, 1.82) is 0 Å². The van der Waals surface area contributed by atoms with Crippen LogP contribution in [0.4, 0.5) is 34.1 Å². The van der Waals surface area contributed by atoms with E-state index in [2.05, 4.69) is 20.5 Å². The molecule has 6 nitrogen and oxygen atoms in total. The molecule has 0 aliphatic rings. The lowest BCUT2D eigenvalue weighted by atomic mass is 10.0. The van der Waals surface area contributed by atoms with Gasteiger partial charge in [0, 0.05) is 22.1 Å². The molecule has 0 radical (unpaired) electrons.